The number of thiophene rings is 1. The van der Waals surface area contributed by atoms with E-state index in [9.17, 15) is 23.3 Å². The van der Waals surface area contributed by atoms with Crippen LogP contribution in [0.2, 0.25) is 0 Å². The van der Waals surface area contributed by atoms with Gasteiger partial charge in [-0.2, -0.15) is 4.72 Å². The highest BCUT2D eigenvalue weighted by Crippen LogP contribution is 2.23. The minimum absolute atomic E-state index is 0.104. The topological polar surface area (TPSA) is 116 Å². The normalized spacial score (nSPS) is 13.9. The van der Waals surface area contributed by atoms with E-state index in [0.29, 0.717) is 5.56 Å². The number of esters is 1. The van der Waals surface area contributed by atoms with Crippen LogP contribution in [0.5, 0.6) is 0 Å². The maximum atomic E-state index is 12.6. The molecular weight excluding hydrogens is 392 g/mol. The maximum Gasteiger partial charge on any atom is 0.325 e. The van der Waals surface area contributed by atoms with Crippen molar-refractivity contribution in [2.45, 2.75) is 37.1 Å². The largest absolute Gasteiger partial charge is 0.457 e. The van der Waals surface area contributed by atoms with Gasteiger partial charge in [-0.25, -0.2) is 8.42 Å². The smallest absolute Gasteiger partial charge is 0.325 e. The number of nitrogens with one attached hydrogen (secondary N) is 1. The number of benzene rings is 1. The lowest BCUT2D eigenvalue weighted by Gasteiger charge is -2.23. The van der Waals surface area contributed by atoms with Gasteiger partial charge in [0.2, 0.25) is 0 Å². The third kappa shape index (κ3) is 5.34. The molecule has 0 aliphatic rings. The second-order valence-electron chi connectivity index (χ2n) is 6.21. The number of carbonyl (C=O) groups is 1. The molecule has 0 spiro atoms. The Balaban J connectivity index is 2.15. The molecular formula is C17H20N2O6S2. The first-order valence-corrected chi connectivity index (χ1v) is 10.5. The molecule has 0 fully saturated rings. The highest BCUT2D eigenvalue weighted by molar-refractivity contribution is 7.91. The van der Waals surface area contributed by atoms with E-state index in [2.05, 4.69) is 4.72 Å². The lowest BCUT2D eigenvalue weighted by molar-refractivity contribution is -0.385. The van der Waals surface area contributed by atoms with Gasteiger partial charge in [-0.1, -0.05) is 32.0 Å². The zero-order chi connectivity index (χ0) is 20.2. The van der Waals surface area contributed by atoms with Gasteiger partial charge < -0.3 is 4.74 Å². The number of sulfonamides is 1. The number of non-ortho nitro benzene ring substituents is 1. The van der Waals surface area contributed by atoms with E-state index in [0.717, 1.165) is 11.3 Å². The third-order valence-electron chi connectivity index (χ3n) is 3.81. The summed E-state index contributed by atoms with van der Waals surface area (Å²) in [4.78, 5) is 22.9. The SMILES string of the molecule is CC(C)[C@H](NS(=O)(=O)c1cccs1)C(=O)O[C@H](C)c1cccc([N+](=O)[O-])c1. The lowest BCUT2D eigenvalue weighted by Crippen LogP contribution is -2.45. The standard InChI is InChI=1S/C17H20N2O6S2/c1-11(2)16(18-27(23,24)15-8-5-9-26-15)17(20)25-12(3)13-6-4-7-14(10-13)19(21)22/h4-12,16,18H,1-3H3/t12-,16+/m1/s1. The van der Waals surface area contributed by atoms with Gasteiger partial charge in [-0.15, -0.1) is 11.3 Å². The molecule has 0 aliphatic heterocycles. The zero-order valence-electron chi connectivity index (χ0n) is 15.0. The Morgan fingerprint density at radius 2 is 1.93 bits per heavy atom. The number of rotatable bonds is 8. The van der Waals surface area contributed by atoms with Crippen molar-refractivity contribution in [3.8, 4) is 0 Å². The van der Waals surface area contributed by atoms with Gasteiger partial charge in [0.05, 0.1) is 4.92 Å². The monoisotopic (exact) mass is 412 g/mol. The Bertz CT molecular complexity index is 909. The van der Waals surface area contributed by atoms with Crippen LogP contribution in [-0.4, -0.2) is 25.4 Å². The molecule has 0 aliphatic carbocycles. The van der Waals surface area contributed by atoms with Gasteiger partial charge in [0.15, 0.2) is 0 Å². The van der Waals surface area contributed by atoms with Crippen LogP contribution in [0.1, 0.15) is 32.4 Å². The van der Waals surface area contributed by atoms with Crippen LogP contribution in [0.4, 0.5) is 5.69 Å². The molecule has 1 N–H and O–H groups in total. The molecule has 1 aromatic heterocycles. The van der Waals surface area contributed by atoms with E-state index in [1.807, 2.05) is 0 Å². The first-order chi connectivity index (χ1) is 12.6. The van der Waals surface area contributed by atoms with Crippen molar-refractivity contribution in [1.82, 2.24) is 4.72 Å². The summed E-state index contributed by atoms with van der Waals surface area (Å²) >= 11 is 1.04. The quantitative estimate of drug-likeness (QED) is 0.404. The van der Waals surface area contributed by atoms with Gasteiger partial charge in [0.25, 0.3) is 15.7 Å². The Kier molecular flexibility index (Phi) is 6.68. The predicted octanol–water partition coefficient (Wildman–Crippen LogP) is 3.26. The molecule has 2 rings (SSSR count). The number of carbonyl (C=O) groups excluding carboxylic acids is 1. The number of nitrogens with zero attached hydrogens (tertiary/aromatic N) is 1. The van der Waals surface area contributed by atoms with Crippen LogP contribution in [0.3, 0.4) is 0 Å². The molecule has 27 heavy (non-hydrogen) atoms. The summed E-state index contributed by atoms with van der Waals surface area (Å²) in [5.74, 6) is -1.10. The average Bonchev–Trinajstić information content (AvgIpc) is 3.15. The first kappa shape index (κ1) is 21.0. The fourth-order valence-corrected chi connectivity index (χ4v) is 4.65. The first-order valence-electron chi connectivity index (χ1n) is 8.12. The predicted molar refractivity (Wildman–Crippen MR) is 101 cm³/mol. The summed E-state index contributed by atoms with van der Waals surface area (Å²) in [5, 5.41) is 12.5. The molecule has 146 valence electrons. The van der Waals surface area contributed by atoms with Crippen molar-refractivity contribution in [1.29, 1.82) is 0 Å². The molecule has 1 aromatic carbocycles. The number of hydrogen-bond donors (Lipinski definition) is 1. The Hall–Kier alpha value is -2.30. The van der Waals surface area contributed by atoms with Crippen LogP contribution in [0.15, 0.2) is 46.0 Å². The van der Waals surface area contributed by atoms with Gasteiger partial charge in [-0.05, 0) is 29.9 Å². The summed E-state index contributed by atoms with van der Waals surface area (Å²) < 4.78 is 32.7. The second kappa shape index (κ2) is 8.59. The van der Waals surface area contributed by atoms with Crippen LogP contribution < -0.4 is 4.72 Å². The molecule has 0 unspecified atom stereocenters. The van der Waals surface area contributed by atoms with Crippen LogP contribution in [0, 0.1) is 16.0 Å². The van der Waals surface area contributed by atoms with E-state index in [-0.39, 0.29) is 15.8 Å². The maximum absolute atomic E-state index is 12.6. The molecule has 0 bridgehead atoms. The van der Waals surface area contributed by atoms with E-state index >= 15 is 0 Å². The fourth-order valence-electron chi connectivity index (χ4n) is 2.30. The van der Waals surface area contributed by atoms with Crippen LogP contribution in [0.25, 0.3) is 0 Å². The molecule has 8 nitrogen and oxygen atoms in total. The molecule has 0 radical (unpaired) electrons. The molecule has 0 saturated heterocycles. The van der Waals surface area contributed by atoms with Gasteiger partial charge in [0.1, 0.15) is 16.4 Å². The van der Waals surface area contributed by atoms with Gasteiger partial charge >= 0.3 is 5.97 Å². The third-order valence-corrected chi connectivity index (χ3v) is 6.64. The van der Waals surface area contributed by atoms with E-state index in [4.69, 9.17) is 4.74 Å². The Morgan fingerprint density at radius 3 is 2.48 bits per heavy atom. The van der Waals surface area contributed by atoms with Crippen molar-refractivity contribution < 1.29 is 22.9 Å². The van der Waals surface area contributed by atoms with Crippen molar-refractivity contribution >= 4 is 33.0 Å². The van der Waals surface area contributed by atoms with Crippen molar-refractivity contribution in [3.05, 3.63) is 57.5 Å². The number of ether oxygens (including phenoxy) is 1. The van der Waals surface area contributed by atoms with Gasteiger partial charge in [0, 0.05) is 12.1 Å². The second-order valence-corrected chi connectivity index (χ2v) is 9.09. The minimum atomic E-state index is -3.85. The summed E-state index contributed by atoms with van der Waals surface area (Å²) in [6.45, 7) is 4.96. The van der Waals surface area contributed by atoms with Crippen molar-refractivity contribution in [3.63, 3.8) is 0 Å². The molecule has 1 heterocycles. The highest BCUT2D eigenvalue weighted by Gasteiger charge is 2.31. The van der Waals surface area contributed by atoms with Crippen molar-refractivity contribution in [2.24, 2.45) is 5.92 Å². The highest BCUT2D eigenvalue weighted by atomic mass is 32.2. The molecule has 0 saturated carbocycles. The van der Waals surface area contributed by atoms with Crippen LogP contribution in [-0.2, 0) is 19.6 Å². The summed E-state index contributed by atoms with van der Waals surface area (Å²) in [5.41, 5.74) is 0.329. The summed E-state index contributed by atoms with van der Waals surface area (Å²) in [6.07, 6.45) is -0.773. The zero-order valence-corrected chi connectivity index (χ0v) is 16.6. The lowest BCUT2D eigenvalue weighted by atomic mass is 10.1. The van der Waals surface area contributed by atoms with E-state index < -0.39 is 33.1 Å². The van der Waals surface area contributed by atoms with Crippen molar-refractivity contribution in [2.75, 3.05) is 0 Å². The Labute approximate surface area is 161 Å². The van der Waals surface area contributed by atoms with E-state index in [1.54, 1.807) is 38.3 Å². The number of nitro benzene ring substituents is 1. The summed E-state index contributed by atoms with van der Waals surface area (Å²) in [6, 6.07) is 7.72. The van der Waals surface area contributed by atoms with E-state index in [1.165, 1.54) is 24.3 Å². The van der Waals surface area contributed by atoms with Gasteiger partial charge in [-0.3, -0.25) is 14.9 Å². The molecule has 10 heteroatoms. The fraction of sp³-hybridized carbons (Fsp3) is 0.353. The Morgan fingerprint density at radius 1 is 1.22 bits per heavy atom. The number of nitro groups is 1. The molecule has 0 amide bonds. The number of hydrogen-bond acceptors (Lipinski definition) is 7. The average molecular weight is 412 g/mol. The minimum Gasteiger partial charge on any atom is -0.457 e. The molecule has 2 aromatic rings. The van der Waals surface area contributed by atoms with Crippen LogP contribution >= 0.6 is 11.3 Å². The summed E-state index contributed by atoms with van der Waals surface area (Å²) in [7, 11) is -3.85. The molecule has 2 atom stereocenters.